The normalized spacial score (nSPS) is 14.1. The van der Waals surface area contributed by atoms with Gasteiger partial charge in [-0.2, -0.15) is 0 Å². The van der Waals surface area contributed by atoms with E-state index in [1.54, 1.807) is 13.8 Å². The predicted molar refractivity (Wildman–Crippen MR) is 191 cm³/mol. The smallest absolute Gasteiger partial charge is 0.312 e. The number of hydrogen-bond donors (Lipinski definition) is 5. The van der Waals surface area contributed by atoms with Gasteiger partial charge in [0.05, 0.1) is 11.0 Å². The highest BCUT2D eigenvalue weighted by molar-refractivity contribution is 6.13. The topological polar surface area (TPSA) is 198 Å². The summed E-state index contributed by atoms with van der Waals surface area (Å²) in [5.41, 5.74) is 6.87. The number of urea groups is 1. The number of unbranched alkanes of at least 4 members (excludes halogenated alkanes) is 2. The predicted octanol–water partition coefficient (Wildman–Crippen LogP) is 3.34. The molecule has 0 saturated carbocycles. The van der Waals surface area contributed by atoms with Crippen LogP contribution >= 0.6 is 0 Å². The van der Waals surface area contributed by atoms with E-state index in [9.17, 15) is 28.8 Å². The van der Waals surface area contributed by atoms with E-state index in [4.69, 9.17) is 10.7 Å². The standard InChI is InChI=1S/C36H48N8O6/c1-22(2)21-43-20-17-25-32(43)24-11-7-8-12-26(24)39-33(25)42-34(48)27(13-10-18-38-36(37)50)40-35(49)31(23(3)4)41-28(45)14-6-5-9-19-44-29(46)15-16-30(44)47/h7-8,11-12,15-17,20,22-23,27,31H,5-6,9-10,13-14,18-19,21H2,1-4H3,(H,40,49)(H,41,45)(H3,37,38,50)(H,39,42,48). The summed E-state index contributed by atoms with van der Waals surface area (Å²) in [5.74, 6) is -1.55. The number of fused-ring (bicyclic) bond motifs is 3. The number of pyridine rings is 1. The number of benzene rings is 1. The number of amides is 7. The van der Waals surface area contributed by atoms with E-state index in [1.165, 1.54) is 12.2 Å². The van der Waals surface area contributed by atoms with Crippen molar-refractivity contribution in [3.8, 4) is 0 Å². The number of aromatic nitrogens is 2. The van der Waals surface area contributed by atoms with Gasteiger partial charge in [-0.25, -0.2) is 9.78 Å². The second-order valence-corrected chi connectivity index (χ2v) is 13.3. The highest BCUT2D eigenvalue weighted by Gasteiger charge is 2.29. The Morgan fingerprint density at radius 2 is 1.58 bits per heavy atom. The van der Waals surface area contributed by atoms with Crippen molar-refractivity contribution in [2.45, 2.75) is 84.8 Å². The summed E-state index contributed by atoms with van der Waals surface area (Å²) in [6.45, 7) is 9.12. The first kappa shape index (κ1) is 37.5. The molecule has 14 nitrogen and oxygen atoms in total. The van der Waals surface area contributed by atoms with E-state index in [0.717, 1.165) is 27.7 Å². The summed E-state index contributed by atoms with van der Waals surface area (Å²) in [6.07, 6.45) is 6.81. The molecule has 6 N–H and O–H groups in total. The lowest BCUT2D eigenvalue weighted by molar-refractivity contribution is -0.137. The molecule has 2 aromatic heterocycles. The van der Waals surface area contributed by atoms with E-state index >= 15 is 0 Å². The second kappa shape index (κ2) is 17.4. The van der Waals surface area contributed by atoms with Gasteiger partial charge in [-0.1, -0.05) is 52.3 Å². The van der Waals surface area contributed by atoms with Crippen molar-refractivity contribution >= 4 is 63.2 Å². The zero-order chi connectivity index (χ0) is 36.4. The van der Waals surface area contributed by atoms with E-state index in [2.05, 4.69) is 39.7 Å². The van der Waals surface area contributed by atoms with E-state index in [0.29, 0.717) is 42.9 Å². The molecular weight excluding hydrogens is 640 g/mol. The first-order chi connectivity index (χ1) is 23.8. The lowest BCUT2D eigenvalue weighted by Gasteiger charge is -2.25. The lowest BCUT2D eigenvalue weighted by Crippen LogP contribution is -2.54. The molecule has 268 valence electrons. The number of primary amides is 1. The van der Waals surface area contributed by atoms with Crippen LogP contribution in [-0.2, 0) is 30.5 Å². The Hall–Kier alpha value is -5.27. The Morgan fingerprint density at radius 3 is 2.26 bits per heavy atom. The van der Waals surface area contributed by atoms with Crippen LogP contribution in [0.25, 0.3) is 21.8 Å². The summed E-state index contributed by atoms with van der Waals surface area (Å²) in [6, 6.07) is 7.02. The maximum atomic E-state index is 13.9. The molecule has 50 heavy (non-hydrogen) atoms. The molecule has 0 spiro atoms. The highest BCUT2D eigenvalue weighted by Crippen LogP contribution is 2.31. The Kier molecular flexibility index (Phi) is 13.1. The maximum Gasteiger partial charge on any atom is 0.312 e. The molecule has 1 aliphatic rings. The van der Waals surface area contributed by atoms with Gasteiger partial charge in [-0.05, 0) is 49.7 Å². The Morgan fingerprint density at radius 1 is 0.860 bits per heavy atom. The molecule has 0 fully saturated rings. The van der Waals surface area contributed by atoms with Crippen LogP contribution < -0.4 is 27.0 Å². The van der Waals surface area contributed by atoms with Gasteiger partial charge in [0.25, 0.3) is 11.8 Å². The molecule has 0 radical (unpaired) electrons. The molecule has 7 amide bonds. The van der Waals surface area contributed by atoms with Crippen molar-refractivity contribution in [3.63, 3.8) is 0 Å². The van der Waals surface area contributed by atoms with Crippen molar-refractivity contribution in [3.05, 3.63) is 48.7 Å². The molecular formula is C36H48N8O6. The van der Waals surface area contributed by atoms with Crippen LogP contribution in [0, 0.1) is 11.8 Å². The molecule has 1 aliphatic heterocycles. The summed E-state index contributed by atoms with van der Waals surface area (Å²) in [4.78, 5) is 80.9. The van der Waals surface area contributed by atoms with Crippen molar-refractivity contribution in [1.82, 2.24) is 30.4 Å². The maximum absolute atomic E-state index is 13.9. The molecule has 0 saturated heterocycles. The first-order valence-electron chi connectivity index (χ1n) is 17.2. The number of hydrogen-bond acceptors (Lipinski definition) is 7. The summed E-state index contributed by atoms with van der Waals surface area (Å²) < 4.78 is 2.15. The molecule has 1 aromatic carbocycles. The fraction of sp³-hybridized carbons (Fsp3) is 0.472. The number of carbonyl (C=O) groups excluding carboxylic acids is 6. The van der Waals surface area contributed by atoms with Gasteiger partial charge in [0.1, 0.15) is 17.9 Å². The van der Waals surface area contributed by atoms with Crippen LogP contribution in [-0.4, -0.2) is 75.2 Å². The van der Waals surface area contributed by atoms with Crippen LogP contribution in [0.4, 0.5) is 10.6 Å². The number of imide groups is 1. The van der Waals surface area contributed by atoms with Gasteiger partial charge in [0, 0.05) is 55.2 Å². The number of para-hydroxylation sites is 1. The van der Waals surface area contributed by atoms with Gasteiger partial charge in [0.15, 0.2) is 0 Å². The fourth-order valence-corrected chi connectivity index (χ4v) is 5.97. The molecule has 3 aromatic rings. The average molecular weight is 689 g/mol. The van der Waals surface area contributed by atoms with Gasteiger partial charge < -0.3 is 31.6 Å². The van der Waals surface area contributed by atoms with Gasteiger partial charge in [0.2, 0.25) is 17.7 Å². The first-order valence-corrected chi connectivity index (χ1v) is 17.2. The van der Waals surface area contributed by atoms with Crippen molar-refractivity contribution in [1.29, 1.82) is 0 Å². The van der Waals surface area contributed by atoms with Crippen molar-refractivity contribution in [2.24, 2.45) is 17.6 Å². The number of nitrogens with one attached hydrogen (secondary N) is 4. The van der Waals surface area contributed by atoms with E-state index in [-0.39, 0.29) is 49.6 Å². The molecule has 0 aliphatic carbocycles. The van der Waals surface area contributed by atoms with Crippen LogP contribution in [0.15, 0.2) is 48.7 Å². The largest absolute Gasteiger partial charge is 0.352 e. The van der Waals surface area contributed by atoms with Crippen LogP contribution in [0.3, 0.4) is 0 Å². The number of anilines is 1. The van der Waals surface area contributed by atoms with E-state index < -0.39 is 29.9 Å². The fourth-order valence-electron chi connectivity index (χ4n) is 5.97. The molecule has 14 heteroatoms. The molecule has 2 unspecified atom stereocenters. The average Bonchev–Trinajstić information content (AvgIpc) is 3.62. The third kappa shape index (κ3) is 9.89. The van der Waals surface area contributed by atoms with Crippen molar-refractivity contribution in [2.75, 3.05) is 18.4 Å². The minimum Gasteiger partial charge on any atom is -0.352 e. The Labute approximate surface area is 291 Å². The number of nitrogens with two attached hydrogens (primary N) is 1. The Balaban J connectivity index is 1.44. The Bertz CT molecular complexity index is 1750. The minimum absolute atomic E-state index is 0.152. The SMILES string of the molecule is CC(C)Cn1ccc2c(NC(=O)C(CCCNC(N)=O)NC(=O)C(NC(=O)CCCCCN3C(=O)C=CC3=O)C(C)C)nc3ccccc3c21. The number of rotatable bonds is 18. The lowest BCUT2D eigenvalue weighted by atomic mass is 10.0. The molecule has 4 rings (SSSR count). The summed E-state index contributed by atoms with van der Waals surface area (Å²) in [5, 5.41) is 12.8. The number of carbonyl (C=O) groups is 6. The van der Waals surface area contributed by atoms with Crippen LogP contribution in [0.1, 0.15) is 66.2 Å². The second-order valence-electron chi connectivity index (χ2n) is 13.3. The number of nitrogens with zero attached hydrogens (tertiary/aromatic N) is 3. The quantitative estimate of drug-likeness (QED) is 0.0997. The molecule has 2 atom stereocenters. The highest BCUT2D eigenvalue weighted by atomic mass is 16.2. The minimum atomic E-state index is -1.01. The third-order valence-corrected chi connectivity index (χ3v) is 8.47. The van der Waals surface area contributed by atoms with E-state index in [1.807, 2.05) is 36.5 Å². The zero-order valence-electron chi connectivity index (χ0n) is 29.2. The van der Waals surface area contributed by atoms with Crippen LogP contribution in [0.2, 0.25) is 0 Å². The van der Waals surface area contributed by atoms with Crippen LogP contribution in [0.5, 0.6) is 0 Å². The van der Waals surface area contributed by atoms with Gasteiger partial charge >= 0.3 is 6.03 Å². The van der Waals surface area contributed by atoms with Gasteiger partial charge in [-0.15, -0.1) is 0 Å². The summed E-state index contributed by atoms with van der Waals surface area (Å²) >= 11 is 0. The third-order valence-electron chi connectivity index (χ3n) is 8.47. The molecule has 0 bridgehead atoms. The van der Waals surface area contributed by atoms with Gasteiger partial charge in [-0.3, -0.25) is 28.9 Å². The molecule has 3 heterocycles. The van der Waals surface area contributed by atoms with Crippen molar-refractivity contribution < 1.29 is 28.8 Å². The summed E-state index contributed by atoms with van der Waals surface area (Å²) in [7, 11) is 0. The zero-order valence-corrected chi connectivity index (χ0v) is 29.2. The monoisotopic (exact) mass is 688 g/mol.